The lowest BCUT2D eigenvalue weighted by molar-refractivity contribution is -0.120. The minimum atomic E-state index is -0.489. The van der Waals surface area contributed by atoms with Crippen LogP contribution < -0.4 is 10.2 Å². The Morgan fingerprint density at radius 2 is 2.19 bits per heavy atom. The number of piperidine rings is 1. The van der Waals surface area contributed by atoms with Gasteiger partial charge in [-0.25, -0.2) is 9.78 Å². The molecule has 0 bridgehead atoms. The molecule has 9 nitrogen and oxygen atoms in total. The van der Waals surface area contributed by atoms with E-state index in [9.17, 15) is 9.59 Å². The third-order valence-electron chi connectivity index (χ3n) is 4.94. The van der Waals surface area contributed by atoms with Crippen LogP contribution in [-0.4, -0.2) is 51.7 Å². The molecule has 4 heterocycles. The Morgan fingerprint density at radius 1 is 1.29 bits per heavy atom. The standard InChI is InChI=1S/C21H22N6O3S/c1-2-30-20(29)17-13-31-21(23-17)24-19(28)15-6-4-10-27(12-15)18-8-7-16(25-26-18)14-5-3-9-22-11-14/h3,5,7-9,11,13,15H,2,4,6,10,12H2,1H3,(H,23,24,28). The van der Waals surface area contributed by atoms with Gasteiger partial charge in [0, 0.05) is 36.4 Å². The zero-order valence-corrected chi connectivity index (χ0v) is 17.8. The van der Waals surface area contributed by atoms with Crippen molar-refractivity contribution >= 4 is 34.2 Å². The van der Waals surface area contributed by atoms with E-state index in [1.807, 2.05) is 24.3 Å². The number of aromatic nitrogens is 4. The van der Waals surface area contributed by atoms with Crippen molar-refractivity contribution in [3.63, 3.8) is 0 Å². The van der Waals surface area contributed by atoms with Crippen LogP contribution in [0.2, 0.25) is 0 Å². The summed E-state index contributed by atoms with van der Waals surface area (Å²) >= 11 is 1.21. The lowest BCUT2D eigenvalue weighted by atomic mass is 9.97. The highest BCUT2D eigenvalue weighted by Crippen LogP contribution is 2.25. The van der Waals surface area contributed by atoms with Crippen LogP contribution in [0.4, 0.5) is 10.9 Å². The number of hydrogen-bond donors (Lipinski definition) is 1. The maximum Gasteiger partial charge on any atom is 0.357 e. The van der Waals surface area contributed by atoms with Crippen LogP contribution in [0.1, 0.15) is 30.3 Å². The van der Waals surface area contributed by atoms with Gasteiger partial charge in [-0.1, -0.05) is 0 Å². The van der Waals surface area contributed by atoms with Crippen LogP contribution >= 0.6 is 11.3 Å². The summed E-state index contributed by atoms with van der Waals surface area (Å²) in [6, 6.07) is 7.62. The molecule has 160 valence electrons. The summed E-state index contributed by atoms with van der Waals surface area (Å²) in [5, 5.41) is 13.5. The molecule has 4 rings (SSSR count). The molecule has 0 aromatic carbocycles. The fourth-order valence-corrected chi connectivity index (χ4v) is 4.08. The number of ether oxygens (including phenoxy) is 1. The molecule has 0 aliphatic carbocycles. The molecule has 31 heavy (non-hydrogen) atoms. The SMILES string of the molecule is CCOC(=O)c1csc(NC(=O)C2CCCN(c3ccc(-c4cccnc4)nn3)C2)n1. The largest absolute Gasteiger partial charge is 0.461 e. The highest BCUT2D eigenvalue weighted by atomic mass is 32.1. The highest BCUT2D eigenvalue weighted by Gasteiger charge is 2.27. The van der Waals surface area contributed by atoms with Crippen molar-refractivity contribution in [3.8, 4) is 11.3 Å². The van der Waals surface area contributed by atoms with Crippen molar-refractivity contribution in [1.29, 1.82) is 0 Å². The second-order valence-electron chi connectivity index (χ2n) is 7.05. The third-order valence-corrected chi connectivity index (χ3v) is 5.70. The molecule has 10 heteroatoms. The zero-order chi connectivity index (χ0) is 21.6. The van der Waals surface area contributed by atoms with Crippen LogP contribution in [0.25, 0.3) is 11.3 Å². The fourth-order valence-electron chi connectivity index (χ4n) is 3.40. The molecule has 3 aromatic rings. The number of anilines is 2. The smallest absolute Gasteiger partial charge is 0.357 e. The Morgan fingerprint density at radius 3 is 2.94 bits per heavy atom. The van der Waals surface area contributed by atoms with Crippen molar-refractivity contribution in [2.45, 2.75) is 19.8 Å². The van der Waals surface area contributed by atoms with Gasteiger partial charge in [-0.3, -0.25) is 9.78 Å². The van der Waals surface area contributed by atoms with Gasteiger partial charge in [-0.05, 0) is 44.0 Å². The van der Waals surface area contributed by atoms with E-state index in [2.05, 4.69) is 30.4 Å². The minimum absolute atomic E-state index is 0.116. The molecule has 1 saturated heterocycles. The summed E-state index contributed by atoms with van der Waals surface area (Å²) < 4.78 is 4.93. The third kappa shape index (κ3) is 5.02. The molecule has 1 aliphatic rings. The Bertz CT molecular complexity index is 1040. The number of nitrogens with one attached hydrogen (secondary N) is 1. The molecule has 1 amide bonds. The summed E-state index contributed by atoms with van der Waals surface area (Å²) in [7, 11) is 0. The van der Waals surface area contributed by atoms with Crippen LogP contribution in [0.5, 0.6) is 0 Å². The van der Waals surface area contributed by atoms with Crippen molar-refractivity contribution in [3.05, 3.63) is 47.7 Å². The second kappa shape index (κ2) is 9.61. The maximum atomic E-state index is 12.8. The first-order valence-electron chi connectivity index (χ1n) is 10.1. The topological polar surface area (TPSA) is 110 Å². The van der Waals surface area contributed by atoms with Crippen LogP contribution in [-0.2, 0) is 9.53 Å². The predicted octanol–water partition coefficient (Wildman–Crippen LogP) is 3.03. The molecular formula is C21H22N6O3S. The van der Waals surface area contributed by atoms with E-state index < -0.39 is 5.97 Å². The summed E-state index contributed by atoms with van der Waals surface area (Å²) in [4.78, 5) is 34.8. The van der Waals surface area contributed by atoms with E-state index >= 15 is 0 Å². The summed E-state index contributed by atoms with van der Waals surface area (Å²) in [6.45, 7) is 3.37. The molecule has 1 fully saturated rings. The number of hydrogen-bond acceptors (Lipinski definition) is 9. The van der Waals surface area contributed by atoms with Crippen molar-refractivity contribution in [1.82, 2.24) is 20.2 Å². The number of thiazole rings is 1. The van der Waals surface area contributed by atoms with Gasteiger partial charge in [0.25, 0.3) is 0 Å². The molecule has 0 saturated carbocycles. The molecule has 1 aliphatic heterocycles. The van der Waals surface area contributed by atoms with Gasteiger partial charge >= 0.3 is 5.97 Å². The van der Waals surface area contributed by atoms with Gasteiger partial charge < -0.3 is 15.0 Å². The first kappa shape index (κ1) is 20.9. The van der Waals surface area contributed by atoms with Crippen LogP contribution in [0.15, 0.2) is 42.0 Å². The van der Waals surface area contributed by atoms with E-state index in [0.29, 0.717) is 11.7 Å². The van der Waals surface area contributed by atoms with E-state index in [4.69, 9.17) is 4.74 Å². The lowest BCUT2D eigenvalue weighted by Gasteiger charge is -2.32. The van der Waals surface area contributed by atoms with Gasteiger partial charge in [-0.2, -0.15) is 0 Å². The monoisotopic (exact) mass is 438 g/mol. The first-order valence-corrected chi connectivity index (χ1v) is 10.9. The first-order chi connectivity index (χ1) is 15.1. The van der Waals surface area contributed by atoms with Gasteiger partial charge in [0.05, 0.1) is 18.2 Å². The molecular weight excluding hydrogens is 416 g/mol. The van der Waals surface area contributed by atoms with Gasteiger partial charge in [0.2, 0.25) is 5.91 Å². The number of esters is 1. The van der Waals surface area contributed by atoms with Gasteiger partial charge in [0.15, 0.2) is 16.6 Å². The summed E-state index contributed by atoms with van der Waals surface area (Å²) in [5.74, 6) is -0.0710. The van der Waals surface area contributed by atoms with Crippen molar-refractivity contribution < 1.29 is 14.3 Å². The minimum Gasteiger partial charge on any atom is -0.461 e. The number of amides is 1. The summed E-state index contributed by atoms with van der Waals surface area (Å²) in [5.41, 5.74) is 1.86. The van der Waals surface area contributed by atoms with E-state index in [1.165, 1.54) is 11.3 Å². The average molecular weight is 439 g/mol. The Balaban J connectivity index is 1.38. The lowest BCUT2D eigenvalue weighted by Crippen LogP contribution is -2.41. The van der Waals surface area contributed by atoms with Crippen LogP contribution in [0.3, 0.4) is 0 Å². The molecule has 0 spiro atoms. The quantitative estimate of drug-likeness (QED) is 0.585. The number of pyridine rings is 1. The number of nitrogens with zero attached hydrogens (tertiary/aromatic N) is 5. The Kier molecular flexibility index (Phi) is 6.46. The molecule has 1 unspecified atom stereocenters. The van der Waals surface area contributed by atoms with Gasteiger partial charge in [-0.15, -0.1) is 21.5 Å². The number of carbonyl (C=O) groups is 2. The molecule has 1 atom stereocenters. The van der Waals surface area contributed by atoms with Crippen LogP contribution in [0, 0.1) is 5.92 Å². The van der Waals surface area contributed by atoms with Crippen molar-refractivity contribution in [2.75, 3.05) is 29.9 Å². The Labute approximate surface area is 183 Å². The Hall–Kier alpha value is -3.40. The molecule has 1 N–H and O–H groups in total. The number of rotatable bonds is 6. The van der Waals surface area contributed by atoms with E-state index in [-0.39, 0.29) is 24.1 Å². The predicted molar refractivity (Wildman–Crippen MR) is 117 cm³/mol. The highest BCUT2D eigenvalue weighted by molar-refractivity contribution is 7.14. The van der Waals surface area contributed by atoms with Crippen molar-refractivity contribution in [2.24, 2.45) is 5.92 Å². The van der Waals surface area contributed by atoms with E-state index in [0.717, 1.165) is 36.5 Å². The normalized spacial score (nSPS) is 16.0. The van der Waals surface area contributed by atoms with E-state index in [1.54, 1.807) is 24.7 Å². The zero-order valence-electron chi connectivity index (χ0n) is 17.0. The number of carbonyl (C=O) groups excluding carboxylic acids is 2. The fraction of sp³-hybridized carbons (Fsp3) is 0.333. The van der Waals surface area contributed by atoms with Gasteiger partial charge in [0.1, 0.15) is 0 Å². The average Bonchev–Trinajstić information content (AvgIpc) is 3.29. The molecule has 0 radical (unpaired) electrons. The molecule has 3 aromatic heterocycles. The maximum absolute atomic E-state index is 12.8. The summed E-state index contributed by atoms with van der Waals surface area (Å²) in [6.07, 6.45) is 5.11. The second-order valence-corrected chi connectivity index (χ2v) is 7.91.